The largest absolute Gasteiger partial charge is 0.480 e. The standard InChI is InChI=1S/C16H13ClF4N2O4S/c1-6-12(16(19,20)21)22(3)15(27)23(13(6)24)10-5-11(8(17)4-9(10)18)28-7(2)14(25)26/h4-5,7H,1-3H3,(H,25,26). The van der Waals surface area contributed by atoms with E-state index in [4.69, 9.17) is 16.7 Å². The molecule has 1 atom stereocenters. The number of carboxylic acids is 1. The first-order chi connectivity index (χ1) is 12.8. The van der Waals surface area contributed by atoms with Crippen molar-refractivity contribution in [1.29, 1.82) is 0 Å². The Balaban J connectivity index is 2.81. The van der Waals surface area contributed by atoms with Gasteiger partial charge in [-0.2, -0.15) is 13.2 Å². The molecule has 0 radical (unpaired) electrons. The van der Waals surface area contributed by atoms with E-state index in [0.717, 1.165) is 37.9 Å². The lowest BCUT2D eigenvalue weighted by molar-refractivity contribution is -0.144. The SMILES string of the molecule is Cc1c(C(F)(F)F)n(C)c(=O)n(-c2cc(SC(C)C(=O)O)c(Cl)cc2F)c1=O. The molecule has 6 nitrogen and oxygen atoms in total. The summed E-state index contributed by atoms with van der Waals surface area (Å²) < 4.78 is 54.4. The summed E-state index contributed by atoms with van der Waals surface area (Å²) in [5, 5.41) is 7.82. The minimum absolute atomic E-state index is 0.0412. The van der Waals surface area contributed by atoms with Gasteiger partial charge in [-0.1, -0.05) is 11.6 Å². The Morgan fingerprint density at radius 2 is 1.86 bits per heavy atom. The highest BCUT2D eigenvalue weighted by Crippen LogP contribution is 2.34. The highest BCUT2D eigenvalue weighted by molar-refractivity contribution is 8.00. The molecule has 1 N–H and O–H groups in total. The van der Waals surface area contributed by atoms with Crippen molar-refractivity contribution in [1.82, 2.24) is 9.13 Å². The van der Waals surface area contributed by atoms with Crippen molar-refractivity contribution in [3.63, 3.8) is 0 Å². The molecule has 0 aliphatic carbocycles. The molecule has 0 amide bonds. The fourth-order valence-electron chi connectivity index (χ4n) is 2.49. The Morgan fingerprint density at radius 1 is 1.29 bits per heavy atom. The van der Waals surface area contributed by atoms with E-state index in [1.807, 2.05) is 0 Å². The Labute approximate surface area is 164 Å². The first-order valence-corrected chi connectivity index (χ1v) is 8.81. The third-order valence-corrected chi connectivity index (χ3v) is 5.43. The highest BCUT2D eigenvalue weighted by atomic mass is 35.5. The summed E-state index contributed by atoms with van der Waals surface area (Å²) in [6.45, 7) is 2.21. The minimum Gasteiger partial charge on any atom is -0.480 e. The van der Waals surface area contributed by atoms with Crippen LogP contribution in [0, 0.1) is 12.7 Å². The molecule has 0 aliphatic rings. The molecular weight excluding hydrogens is 428 g/mol. The van der Waals surface area contributed by atoms with E-state index >= 15 is 0 Å². The molecule has 0 saturated carbocycles. The van der Waals surface area contributed by atoms with E-state index in [0.29, 0.717) is 0 Å². The maximum absolute atomic E-state index is 14.4. The fourth-order valence-corrected chi connectivity index (χ4v) is 3.61. The molecule has 0 bridgehead atoms. The lowest BCUT2D eigenvalue weighted by Crippen LogP contribution is -2.43. The maximum Gasteiger partial charge on any atom is 0.432 e. The van der Waals surface area contributed by atoms with E-state index in [2.05, 4.69) is 0 Å². The Hall–Kier alpha value is -2.27. The zero-order valence-corrected chi connectivity index (χ0v) is 16.2. The van der Waals surface area contributed by atoms with E-state index in [9.17, 15) is 31.9 Å². The monoisotopic (exact) mass is 440 g/mol. The van der Waals surface area contributed by atoms with Gasteiger partial charge in [-0.15, -0.1) is 11.8 Å². The number of nitrogens with zero attached hydrogens (tertiary/aromatic N) is 2. The van der Waals surface area contributed by atoms with Crippen molar-refractivity contribution < 1.29 is 27.5 Å². The summed E-state index contributed by atoms with van der Waals surface area (Å²) in [7, 11) is 0.810. The van der Waals surface area contributed by atoms with Crippen molar-refractivity contribution in [2.75, 3.05) is 0 Å². The van der Waals surface area contributed by atoms with Crippen LogP contribution in [0.3, 0.4) is 0 Å². The van der Waals surface area contributed by atoms with Crippen LogP contribution in [0.5, 0.6) is 0 Å². The average Bonchev–Trinajstić information content (AvgIpc) is 2.55. The number of aromatic nitrogens is 2. The molecule has 0 fully saturated rings. The van der Waals surface area contributed by atoms with Gasteiger partial charge in [-0.25, -0.2) is 13.8 Å². The number of benzene rings is 1. The number of hydrogen-bond acceptors (Lipinski definition) is 4. The van der Waals surface area contributed by atoms with Crippen molar-refractivity contribution >= 4 is 29.3 Å². The molecule has 1 unspecified atom stereocenters. The summed E-state index contributed by atoms with van der Waals surface area (Å²) >= 11 is 6.61. The topological polar surface area (TPSA) is 81.3 Å². The van der Waals surface area contributed by atoms with E-state index in [-0.39, 0.29) is 19.1 Å². The summed E-state index contributed by atoms with van der Waals surface area (Å²) in [4.78, 5) is 35.9. The fraction of sp³-hybridized carbons (Fsp3) is 0.312. The van der Waals surface area contributed by atoms with Gasteiger partial charge in [-0.05, 0) is 26.0 Å². The molecule has 12 heteroatoms. The first-order valence-electron chi connectivity index (χ1n) is 7.56. The van der Waals surface area contributed by atoms with Crippen LogP contribution in [0.1, 0.15) is 18.2 Å². The van der Waals surface area contributed by atoms with Gasteiger partial charge in [0.05, 0.1) is 10.7 Å². The van der Waals surface area contributed by atoms with Gasteiger partial charge in [0.2, 0.25) is 0 Å². The van der Waals surface area contributed by atoms with Crippen LogP contribution in [0.2, 0.25) is 5.02 Å². The zero-order chi connectivity index (χ0) is 21.5. The molecule has 0 aliphatic heterocycles. The van der Waals surface area contributed by atoms with Crippen LogP contribution < -0.4 is 11.2 Å². The number of alkyl halides is 3. The molecule has 2 rings (SSSR count). The van der Waals surface area contributed by atoms with Gasteiger partial charge in [0.15, 0.2) is 0 Å². The minimum atomic E-state index is -4.97. The molecule has 152 valence electrons. The number of thioether (sulfide) groups is 1. The zero-order valence-electron chi connectivity index (χ0n) is 14.6. The van der Waals surface area contributed by atoms with Gasteiger partial charge in [0.1, 0.15) is 16.8 Å². The summed E-state index contributed by atoms with van der Waals surface area (Å²) in [5.41, 5.74) is -5.63. The van der Waals surface area contributed by atoms with Crippen molar-refractivity contribution in [2.45, 2.75) is 30.2 Å². The number of carbonyl (C=O) groups is 1. The molecule has 1 aromatic heterocycles. The van der Waals surface area contributed by atoms with Gasteiger partial charge >= 0.3 is 17.8 Å². The number of rotatable bonds is 4. The van der Waals surface area contributed by atoms with Gasteiger partial charge in [0, 0.05) is 17.5 Å². The maximum atomic E-state index is 14.4. The molecule has 1 heterocycles. The predicted molar refractivity (Wildman–Crippen MR) is 94.9 cm³/mol. The Morgan fingerprint density at radius 3 is 2.36 bits per heavy atom. The van der Waals surface area contributed by atoms with Crippen molar-refractivity contribution in [2.24, 2.45) is 7.05 Å². The number of hydrogen-bond donors (Lipinski definition) is 1. The van der Waals surface area contributed by atoms with Gasteiger partial charge in [0.25, 0.3) is 5.56 Å². The molecule has 2 aromatic rings. The smallest absolute Gasteiger partial charge is 0.432 e. The number of carboxylic acid groups (broad SMARTS) is 1. The van der Waals surface area contributed by atoms with Crippen LogP contribution in [-0.4, -0.2) is 25.5 Å². The molecule has 0 spiro atoms. The lowest BCUT2D eigenvalue weighted by Gasteiger charge is -2.18. The van der Waals surface area contributed by atoms with Crippen LogP contribution in [-0.2, 0) is 18.0 Å². The predicted octanol–water partition coefficient (Wildman–Crippen LogP) is 3.22. The van der Waals surface area contributed by atoms with E-state index < -0.39 is 51.4 Å². The van der Waals surface area contributed by atoms with Gasteiger partial charge < -0.3 is 5.11 Å². The van der Waals surface area contributed by atoms with Gasteiger partial charge in [-0.3, -0.25) is 14.2 Å². The normalized spacial score (nSPS) is 12.9. The second-order valence-corrected chi connectivity index (χ2v) is 7.58. The summed E-state index contributed by atoms with van der Waals surface area (Å²) in [6.07, 6.45) is -4.97. The van der Waals surface area contributed by atoms with Crippen molar-refractivity contribution in [3.8, 4) is 5.69 Å². The van der Waals surface area contributed by atoms with Crippen LogP contribution >= 0.6 is 23.4 Å². The van der Waals surface area contributed by atoms with Crippen LogP contribution in [0.4, 0.5) is 17.6 Å². The van der Waals surface area contributed by atoms with E-state index in [1.54, 1.807) is 0 Å². The van der Waals surface area contributed by atoms with Crippen LogP contribution in [0.25, 0.3) is 5.69 Å². The number of halogens is 5. The quantitative estimate of drug-likeness (QED) is 0.583. The summed E-state index contributed by atoms with van der Waals surface area (Å²) in [5.74, 6) is -2.32. The highest BCUT2D eigenvalue weighted by Gasteiger charge is 2.38. The lowest BCUT2D eigenvalue weighted by atomic mass is 10.2. The number of aliphatic carboxylic acids is 1. The third kappa shape index (κ3) is 3.95. The molecule has 28 heavy (non-hydrogen) atoms. The molecule has 0 saturated heterocycles. The molecule has 1 aromatic carbocycles. The van der Waals surface area contributed by atoms with Crippen LogP contribution in [0.15, 0.2) is 26.6 Å². The van der Waals surface area contributed by atoms with E-state index in [1.165, 1.54) is 6.92 Å². The average molecular weight is 441 g/mol. The second-order valence-electron chi connectivity index (χ2n) is 5.79. The second kappa shape index (κ2) is 7.63. The Bertz CT molecular complexity index is 1040. The Kier molecular flexibility index (Phi) is 6.00. The van der Waals surface area contributed by atoms with Crippen molar-refractivity contribution in [3.05, 3.63) is 55.1 Å². The molecular formula is C16H13ClF4N2O4S. The summed E-state index contributed by atoms with van der Waals surface area (Å²) in [6, 6.07) is 1.71. The first kappa shape index (κ1) is 22.0. The third-order valence-electron chi connectivity index (χ3n) is 3.85.